The van der Waals surface area contributed by atoms with Crippen LogP contribution in [0.1, 0.15) is 57.1 Å². The molecule has 2 aromatic rings. The largest absolute Gasteiger partial charge is 0.508 e. The lowest BCUT2D eigenvalue weighted by Gasteiger charge is -2.27. The van der Waals surface area contributed by atoms with Gasteiger partial charge in [-0.15, -0.1) is 0 Å². The zero-order valence-electron chi connectivity index (χ0n) is 34.0. The summed E-state index contributed by atoms with van der Waals surface area (Å²) >= 11 is 8.39. The molecule has 0 spiro atoms. The first-order valence-corrected chi connectivity index (χ1v) is 20.9. The fourth-order valence-electron chi connectivity index (χ4n) is 5.90. The highest BCUT2D eigenvalue weighted by atomic mass is 32.1. The van der Waals surface area contributed by atoms with Crippen LogP contribution in [0.3, 0.4) is 0 Å². The molecular weight excluding hydrogens is 833 g/mol. The Kier molecular flexibility index (Phi) is 22.7. The van der Waals surface area contributed by atoms with E-state index in [0.29, 0.717) is 18.4 Å². The minimum Gasteiger partial charge on any atom is -0.508 e. The van der Waals surface area contributed by atoms with Gasteiger partial charge in [0.2, 0.25) is 35.4 Å². The van der Waals surface area contributed by atoms with Crippen LogP contribution >= 0.6 is 25.3 Å². The van der Waals surface area contributed by atoms with Gasteiger partial charge in [-0.25, -0.2) is 4.79 Å². The highest BCUT2D eigenvalue weighted by Crippen LogP contribution is 2.13. The first-order valence-electron chi connectivity index (χ1n) is 19.6. The zero-order valence-corrected chi connectivity index (χ0v) is 35.8. The van der Waals surface area contributed by atoms with Gasteiger partial charge in [0.25, 0.3) is 0 Å². The number of benzene rings is 2. The molecular formula is C40H58N8O11S2. The molecule has 0 aliphatic heterocycles. The molecule has 7 atom stereocenters. The van der Waals surface area contributed by atoms with E-state index >= 15 is 0 Å². The number of aromatic hydroxyl groups is 1. The van der Waals surface area contributed by atoms with Gasteiger partial charge in [-0.1, -0.05) is 56.3 Å². The van der Waals surface area contributed by atoms with Gasteiger partial charge in [-0.05, 0) is 67.8 Å². The Morgan fingerprint density at radius 3 is 1.57 bits per heavy atom. The van der Waals surface area contributed by atoms with Crippen LogP contribution in [0.15, 0.2) is 54.6 Å². The second-order valence-electron chi connectivity index (χ2n) is 14.7. The Hall–Kier alpha value is -5.38. The van der Waals surface area contributed by atoms with Crippen LogP contribution < -0.4 is 43.4 Å². The molecule has 21 heteroatoms. The molecule has 0 saturated heterocycles. The van der Waals surface area contributed by atoms with Crippen LogP contribution in [0.4, 0.5) is 0 Å². The molecule has 0 bridgehead atoms. The molecule has 0 unspecified atom stereocenters. The number of nitrogens with one attached hydrogen (secondary N) is 6. The van der Waals surface area contributed by atoms with Crippen LogP contribution in [0.2, 0.25) is 0 Å². The van der Waals surface area contributed by atoms with Crippen molar-refractivity contribution in [3.05, 3.63) is 65.7 Å². The summed E-state index contributed by atoms with van der Waals surface area (Å²) in [7, 11) is 0. The van der Waals surface area contributed by atoms with Crippen molar-refractivity contribution < 1.29 is 53.7 Å². The van der Waals surface area contributed by atoms with Gasteiger partial charge in [0.1, 0.15) is 42.0 Å². The smallest absolute Gasteiger partial charge is 0.326 e. The zero-order chi connectivity index (χ0) is 45.6. The number of phenolic OH excluding ortho intramolecular Hbond substituents is 1. The lowest BCUT2D eigenvalue weighted by molar-refractivity contribution is -0.143. The van der Waals surface area contributed by atoms with Gasteiger partial charge in [-0.3, -0.25) is 33.6 Å². The molecule has 336 valence electrons. The average molecular weight is 891 g/mol. The van der Waals surface area contributed by atoms with E-state index in [-0.39, 0.29) is 55.4 Å². The molecule has 61 heavy (non-hydrogen) atoms. The Bertz CT molecular complexity index is 1790. The van der Waals surface area contributed by atoms with Crippen LogP contribution in [0.5, 0.6) is 5.75 Å². The summed E-state index contributed by atoms with van der Waals surface area (Å²) in [6.45, 7) is 3.88. The number of thiol groups is 2. The predicted octanol–water partition coefficient (Wildman–Crippen LogP) is -0.992. The first kappa shape index (κ1) is 51.8. The third-order valence-corrected chi connectivity index (χ3v) is 9.92. The van der Waals surface area contributed by atoms with Crippen molar-refractivity contribution >= 4 is 72.6 Å². The molecule has 2 aromatic carbocycles. The third kappa shape index (κ3) is 18.8. The number of phenols is 1. The van der Waals surface area contributed by atoms with Gasteiger partial charge < -0.3 is 58.7 Å². The Morgan fingerprint density at radius 1 is 0.590 bits per heavy atom. The number of hydrogen-bond acceptors (Lipinski definition) is 13. The topological polar surface area (TPSA) is 321 Å². The number of carboxylic acids is 2. The molecule has 0 saturated carbocycles. The monoisotopic (exact) mass is 890 g/mol. The lowest BCUT2D eigenvalue weighted by Crippen LogP contribution is -2.61. The van der Waals surface area contributed by atoms with Crippen LogP contribution in [-0.2, 0) is 51.2 Å². The minimum atomic E-state index is -1.75. The van der Waals surface area contributed by atoms with Gasteiger partial charge in [0.05, 0.1) is 12.5 Å². The molecule has 6 amide bonds. The molecule has 0 heterocycles. The second-order valence-corrected chi connectivity index (χ2v) is 15.5. The number of unbranched alkanes of at least 4 members (excludes halogenated alkanes) is 1. The van der Waals surface area contributed by atoms with Crippen LogP contribution in [0, 0.1) is 5.92 Å². The number of carbonyl (C=O) groups is 8. The summed E-state index contributed by atoms with van der Waals surface area (Å²) in [6, 6.07) is 5.26. The lowest BCUT2D eigenvalue weighted by atomic mass is 10.0. The summed E-state index contributed by atoms with van der Waals surface area (Å²) < 4.78 is 0. The molecule has 19 nitrogen and oxygen atoms in total. The van der Waals surface area contributed by atoms with Crippen molar-refractivity contribution in [1.29, 1.82) is 0 Å². The highest BCUT2D eigenvalue weighted by molar-refractivity contribution is 7.80. The van der Waals surface area contributed by atoms with E-state index in [2.05, 4.69) is 57.2 Å². The maximum absolute atomic E-state index is 13.9. The normalized spacial score (nSPS) is 14.5. The number of nitrogens with two attached hydrogens (primary N) is 2. The standard InChI is InChI=1S/C40H58N8O11S2/c1-22(2)16-28(44-38(56)31(20-60)47-34(52)26(42)17-23-8-4-3-5-9-23)35(53)45-29(18-24-11-13-25(49)14-12-24)36(54)48-32(21-61)39(57)46-30(19-33(50)51)37(55)43-27(40(58)59)10-6-7-15-41/h3-5,8-9,11-14,22,26-32,49,60-61H,6-7,10,15-21,41-42H2,1-2H3,(H,43,55)(H,44,56)(H,45,53)(H,46,57)(H,47,52)(H,48,54)(H,50,51)(H,58,59)/t26-,27-,28-,29-,30-,31-,32-/m0/s1. The van der Waals surface area contributed by atoms with Gasteiger partial charge in [0.15, 0.2) is 0 Å². The van der Waals surface area contributed by atoms with Gasteiger partial charge in [-0.2, -0.15) is 25.3 Å². The molecule has 0 fully saturated rings. The van der Waals surface area contributed by atoms with Crippen molar-refractivity contribution in [3.8, 4) is 5.75 Å². The Balaban J connectivity index is 2.29. The molecule has 0 aliphatic carbocycles. The first-order chi connectivity index (χ1) is 28.9. The Morgan fingerprint density at radius 2 is 1.05 bits per heavy atom. The maximum atomic E-state index is 13.9. The van der Waals surface area contributed by atoms with Crippen molar-refractivity contribution in [2.75, 3.05) is 18.1 Å². The second kappa shape index (κ2) is 26.7. The minimum absolute atomic E-state index is 0.00654. The Labute approximate surface area is 365 Å². The van der Waals surface area contributed by atoms with Crippen LogP contribution in [-0.4, -0.2) is 123 Å². The molecule has 2 rings (SSSR count). The van der Waals surface area contributed by atoms with E-state index in [4.69, 9.17) is 11.5 Å². The van der Waals surface area contributed by atoms with E-state index in [0.717, 1.165) is 5.56 Å². The SMILES string of the molecule is CC(C)C[C@H](NC(=O)[C@H](CS)NC(=O)[C@@H](N)Cc1ccccc1)C(=O)N[C@@H](Cc1ccc(O)cc1)C(=O)N[C@@H](CS)C(=O)N[C@@H](CC(=O)O)C(=O)N[C@@H](CCCCN)C(=O)O. The number of hydrogen-bond donors (Lipinski definition) is 13. The number of amides is 6. The summed E-state index contributed by atoms with van der Waals surface area (Å²) in [4.78, 5) is 104. The predicted molar refractivity (Wildman–Crippen MR) is 231 cm³/mol. The van der Waals surface area contributed by atoms with E-state index < -0.39 is 96.1 Å². The van der Waals surface area contributed by atoms with Gasteiger partial charge >= 0.3 is 11.9 Å². The van der Waals surface area contributed by atoms with Crippen molar-refractivity contribution in [1.82, 2.24) is 31.9 Å². The molecule has 0 aromatic heterocycles. The molecule has 0 aliphatic rings. The number of rotatable bonds is 27. The van der Waals surface area contributed by atoms with Gasteiger partial charge in [0, 0.05) is 17.9 Å². The highest BCUT2D eigenvalue weighted by Gasteiger charge is 2.34. The average Bonchev–Trinajstić information content (AvgIpc) is 3.21. The number of aliphatic carboxylic acids is 2. The van der Waals surface area contributed by atoms with E-state index in [1.165, 1.54) is 24.3 Å². The fourth-order valence-corrected chi connectivity index (χ4v) is 6.42. The maximum Gasteiger partial charge on any atom is 0.326 e. The summed E-state index contributed by atoms with van der Waals surface area (Å²) in [5.41, 5.74) is 12.9. The summed E-state index contributed by atoms with van der Waals surface area (Å²) in [6.07, 6.45) is 0.00273. The summed E-state index contributed by atoms with van der Waals surface area (Å²) in [5.74, 6) is -8.81. The summed E-state index contributed by atoms with van der Waals surface area (Å²) in [5, 5.41) is 43.6. The fraction of sp³-hybridized carbons (Fsp3) is 0.500. The van der Waals surface area contributed by atoms with Crippen molar-refractivity contribution in [2.24, 2.45) is 17.4 Å². The van der Waals surface area contributed by atoms with E-state index in [9.17, 15) is 53.7 Å². The van der Waals surface area contributed by atoms with Crippen molar-refractivity contribution in [2.45, 2.75) is 101 Å². The van der Waals surface area contributed by atoms with Crippen LogP contribution in [0.25, 0.3) is 0 Å². The van der Waals surface area contributed by atoms with Crippen molar-refractivity contribution in [3.63, 3.8) is 0 Å². The van der Waals surface area contributed by atoms with E-state index in [1.54, 1.807) is 38.1 Å². The third-order valence-electron chi connectivity index (χ3n) is 9.19. The molecule has 13 N–H and O–H groups in total. The quantitative estimate of drug-likeness (QED) is 0.0379. The number of carbonyl (C=O) groups excluding carboxylic acids is 6. The van der Waals surface area contributed by atoms with E-state index in [1.807, 2.05) is 6.07 Å². The number of carboxylic acid groups (broad SMARTS) is 2. The molecule has 0 radical (unpaired) electrons.